The lowest BCUT2D eigenvalue weighted by Gasteiger charge is -2.35. The van der Waals surface area contributed by atoms with E-state index in [0.29, 0.717) is 31.2 Å². The molecule has 6 nitrogen and oxygen atoms in total. The highest BCUT2D eigenvalue weighted by molar-refractivity contribution is 5.92. The van der Waals surface area contributed by atoms with Crippen LogP contribution in [0.1, 0.15) is 44.6 Å². The van der Waals surface area contributed by atoms with Crippen molar-refractivity contribution in [2.45, 2.75) is 39.0 Å². The number of hydrogen-bond donors (Lipinski definition) is 0. The van der Waals surface area contributed by atoms with Gasteiger partial charge in [0.2, 0.25) is 11.8 Å². The second-order valence-corrected chi connectivity index (χ2v) is 7.66. The third-order valence-corrected chi connectivity index (χ3v) is 5.73. The number of methoxy groups -OCH3 is 1. The number of carbonyl (C=O) groups is 2. The van der Waals surface area contributed by atoms with Crippen molar-refractivity contribution in [2.24, 2.45) is 5.92 Å². The lowest BCUT2D eigenvalue weighted by atomic mass is 9.94. The van der Waals surface area contributed by atoms with Crippen LogP contribution >= 0.6 is 0 Å². The molecule has 3 rings (SSSR count). The second kappa shape index (κ2) is 10.3. The van der Waals surface area contributed by atoms with Crippen molar-refractivity contribution in [3.05, 3.63) is 29.8 Å². The van der Waals surface area contributed by atoms with E-state index in [1.165, 1.54) is 6.42 Å². The summed E-state index contributed by atoms with van der Waals surface area (Å²) >= 11 is 0. The first-order chi connectivity index (χ1) is 14.1. The van der Waals surface area contributed by atoms with Crippen LogP contribution in [0.2, 0.25) is 0 Å². The Hall–Kier alpha value is -2.50. The minimum absolute atomic E-state index is 0.0114. The van der Waals surface area contributed by atoms with E-state index >= 15 is 0 Å². The molecule has 0 radical (unpaired) electrons. The summed E-state index contributed by atoms with van der Waals surface area (Å²) in [6.45, 7) is 5.54. The van der Waals surface area contributed by atoms with Crippen LogP contribution in [0, 0.1) is 5.92 Å². The number of carbonyl (C=O) groups excluding carboxylic acids is 2. The molecule has 0 saturated carbocycles. The summed E-state index contributed by atoms with van der Waals surface area (Å²) < 4.78 is 10.9. The normalized spacial score (nSPS) is 18.1. The molecule has 2 amide bonds. The Morgan fingerprint density at radius 3 is 2.41 bits per heavy atom. The van der Waals surface area contributed by atoms with E-state index in [9.17, 15) is 9.59 Å². The first-order valence-corrected chi connectivity index (χ1v) is 10.7. The summed E-state index contributed by atoms with van der Waals surface area (Å²) in [5.41, 5.74) is 0.887. The van der Waals surface area contributed by atoms with Crippen molar-refractivity contribution in [3.63, 3.8) is 0 Å². The van der Waals surface area contributed by atoms with E-state index < -0.39 is 0 Å². The molecule has 0 unspecified atom stereocenters. The molecule has 0 aliphatic carbocycles. The summed E-state index contributed by atoms with van der Waals surface area (Å²) in [5, 5.41) is 0. The summed E-state index contributed by atoms with van der Waals surface area (Å²) in [6.07, 6.45) is 8.37. The predicted octanol–water partition coefficient (Wildman–Crippen LogP) is 3.36. The summed E-state index contributed by atoms with van der Waals surface area (Å²) in [7, 11) is 1.61. The van der Waals surface area contributed by atoms with Gasteiger partial charge in [-0.15, -0.1) is 0 Å². The lowest BCUT2D eigenvalue weighted by molar-refractivity contribution is -0.140. The van der Waals surface area contributed by atoms with Gasteiger partial charge in [-0.2, -0.15) is 0 Å². The highest BCUT2D eigenvalue weighted by Gasteiger charge is 2.30. The average molecular weight is 401 g/mol. The number of hydrogen-bond acceptors (Lipinski definition) is 4. The Morgan fingerprint density at radius 2 is 1.76 bits per heavy atom. The van der Waals surface area contributed by atoms with E-state index in [-0.39, 0.29) is 17.7 Å². The van der Waals surface area contributed by atoms with Crippen LogP contribution in [0.4, 0.5) is 0 Å². The highest BCUT2D eigenvalue weighted by Crippen LogP contribution is 2.28. The molecule has 29 heavy (non-hydrogen) atoms. The van der Waals surface area contributed by atoms with Gasteiger partial charge in [-0.25, -0.2) is 0 Å². The molecule has 6 heteroatoms. The van der Waals surface area contributed by atoms with Gasteiger partial charge in [0.1, 0.15) is 0 Å². The molecule has 2 heterocycles. The lowest BCUT2D eigenvalue weighted by Crippen LogP contribution is -2.45. The van der Waals surface area contributed by atoms with Crippen LogP contribution in [0.25, 0.3) is 6.08 Å². The van der Waals surface area contributed by atoms with Crippen molar-refractivity contribution < 1.29 is 19.1 Å². The molecule has 0 bridgehead atoms. The molecule has 0 aromatic heterocycles. The van der Waals surface area contributed by atoms with E-state index in [4.69, 9.17) is 9.47 Å². The zero-order chi connectivity index (χ0) is 20.6. The Labute approximate surface area is 173 Å². The van der Waals surface area contributed by atoms with Crippen molar-refractivity contribution in [1.29, 1.82) is 0 Å². The zero-order valence-electron chi connectivity index (χ0n) is 17.6. The first kappa shape index (κ1) is 21.2. The monoisotopic (exact) mass is 400 g/mol. The fourth-order valence-corrected chi connectivity index (χ4v) is 4.06. The minimum Gasteiger partial charge on any atom is -0.493 e. The third kappa shape index (κ3) is 5.52. The van der Waals surface area contributed by atoms with Gasteiger partial charge in [-0.05, 0) is 62.8 Å². The maximum Gasteiger partial charge on any atom is 0.246 e. The van der Waals surface area contributed by atoms with Crippen molar-refractivity contribution >= 4 is 17.9 Å². The summed E-state index contributed by atoms with van der Waals surface area (Å²) in [4.78, 5) is 29.1. The number of ether oxygens (including phenoxy) is 2. The third-order valence-electron chi connectivity index (χ3n) is 5.73. The number of likely N-dealkylation sites (tertiary alicyclic amines) is 2. The Bertz CT molecular complexity index is 732. The Balaban J connectivity index is 1.53. The van der Waals surface area contributed by atoms with Crippen LogP contribution in [0.3, 0.4) is 0 Å². The topological polar surface area (TPSA) is 59.1 Å². The Morgan fingerprint density at radius 1 is 1.03 bits per heavy atom. The van der Waals surface area contributed by atoms with Gasteiger partial charge in [-0.1, -0.05) is 6.07 Å². The van der Waals surface area contributed by atoms with E-state index in [2.05, 4.69) is 0 Å². The van der Waals surface area contributed by atoms with Gasteiger partial charge in [0, 0.05) is 38.2 Å². The molecular weight excluding hydrogens is 368 g/mol. The van der Waals surface area contributed by atoms with Gasteiger partial charge in [-0.3, -0.25) is 9.59 Å². The quantitative estimate of drug-likeness (QED) is 0.687. The fraction of sp³-hybridized carbons (Fsp3) is 0.565. The average Bonchev–Trinajstić information content (AvgIpc) is 2.78. The molecule has 2 saturated heterocycles. The molecule has 2 aliphatic rings. The molecule has 158 valence electrons. The smallest absolute Gasteiger partial charge is 0.246 e. The fourth-order valence-electron chi connectivity index (χ4n) is 4.06. The largest absolute Gasteiger partial charge is 0.493 e. The molecular formula is C23H32N2O4. The maximum atomic E-state index is 12.7. The van der Waals surface area contributed by atoms with Crippen LogP contribution in [0.15, 0.2) is 24.3 Å². The molecule has 1 aromatic rings. The van der Waals surface area contributed by atoms with Gasteiger partial charge in [0.15, 0.2) is 11.5 Å². The van der Waals surface area contributed by atoms with Crippen LogP contribution in [0.5, 0.6) is 11.5 Å². The molecule has 0 spiro atoms. The van der Waals surface area contributed by atoms with E-state index in [1.54, 1.807) is 19.3 Å². The molecule has 1 aromatic carbocycles. The van der Waals surface area contributed by atoms with Gasteiger partial charge < -0.3 is 19.3 Å². The first-order valence-electron chi connectivity index (χ1n) is 10.7. The SMILES string of the molecule is CCOc1cc(/C=C/C(=O)N2CCC(C(=O)N3CCCCC3)CC2)ccc1OC. The Kier molecular flexibility index (Phi) is 7.55. The highest BCUT2D eigenvalue weighted by atomic mass is 16.5. The summed E-state index contributed by atoms with van der Waals surface area (Å²) in [5.74, 6) is 1.69. The van der Waals surface area contributed by atoms with Crippen LogP contribution in [-0.2, 0) is 9.59 Å². The van der Waals surface area contributed by atoms with E-state index in [1.807, 2.05) is 34.9 Å². The standard InChI is InChI=1S/C23H32N2O4/c1-3-29-21-17-18(7-9-20(21)28-2)8-10-22(26)24-15-11-19(12-16-24)23(27)25-13-5-4-6-14-25/h7-10,17,19H,3-6,11-16H2,1-2H3/b10-8+. The number of nitrogens with zero attached hydrogens (tertiary/aromatic N) is 2. The molecule has 0 N–H and O–H groups in total. The van der Waals surface area contributed by atoms with Gasteiger partial charge in [0.05, 0.1) is 13.7 Å². The van der Waals surface area contributed by atoms with E-state index in [0.717, 1.165) is 44.3 Å². The predicted molar refractivity (Wildman–Crippen MR) is 113 cm³/mol. The number of piperidine rings is 2. The number of benzene rings is 1. The van der Waals surface area contributed by atoms with Crippen LogP contribution < -0.4 is 9.47 Å². The van der Waals surface area contributed by atoms with Crippen LogP contribution in [-0.4, -0.2) is 61.5 Å². The number of rotatable bonds is 6. The van der Waals surface area contributed by atoms with Crippen molar-refractivity contribution in [1.82, 2.24) is 9.80 Å². The van der Waals surface area contributed by atoms with Gasteiger partial charge in [0.25, 0.3) is 0 Å². The molecule has 2 aliphatic heterocycles. The molecule has 0 atom stereocenters. The maximum absolute atomic E-state index is 12.7. The zero-order valence-corrected chi connectivity index (χ0v) is 17.6. The summed E-state index contributed by atoms with van der Waals surface area (Å²) in [6, 6.07) is 5.61. The second-order valence-electron chi connectivity index (χ2n) is 7.66. The molecule has 2 fully saturated rings. The van der Waals surface area contributed by atoms with Crippen molar-refractivity contribution in [3.8, 4) is 11.5 Å². The van der Waals surface area contributed by atoms with Gasteiger partial charge >= 0.3 is 0 Å². The minimum atomic E-state index is -0.0114. The van der Waals surface area contributed by atoms with Crippen molar-refractivity contribution in [2.75, 3.05) is 39.9 Å². The number of amides is 2.